The average Bonchev–Trinajstić information content (AvgIpc) is 2.77. The number of nitrogens with one attached hydrogen (secondary N) is 1. The van der Waals surface area contributed by atoms with Crippen LogP contribution in [0.3, 0.4) is 0 Å². The molecular weight excluding hydrogens is 366 g/mol. The van der Waals surface area contributed by atoms with Gasteiger partial charge in [0, 0.05) is 11.8 Å². The molecule has 0 spiro atoms. The minimum absolute atomic E-state index is 0.00671. The standard InChI is InChI=1S/C24H27NO4/c1-19(29-23-13-11-21(26-2)12-14-23)18-25-20-7-6-10-24(17-20)28-16-15-27-22-8-4-3-5-9-22/h3-14,17,19,25H,15-16,18H2,1-2H3. The second-order valence-electron chi connectivity index (χ2n) is 6.52. The lowest BCUT2D eigenvalue weighted by Crippen LogP contribution is -2.22. The maximum atomic E-state index is 5.92. The Bertz CT molecular complexity index is 852. The minimum atomic E-state index is 0.00671. The summed E-state index contributed by atoms with van der Waals surface area (Å²) >= 11 is 0. The van der Waals surface area contributed by atoms with Crippen molar-refractivity contribution in [3.63, 3.8) is 0 Å². The van der Waals surface area contributed by atoms with Crippen LogP contribution < -0.4 is 24.3 Å². The van der Waals surface area contributed by atoms with E-state index in [2.05, 4.69) is 5.32 Å². The Labute approximate surface area is 172 Å². The molecule has 0 aliphatic rings. The molecule has 5 nitrogen and oxygen atoms in total. The maximum Gasteiger partial charge on any atom is 0.122 e. The molecular formula is C24H27NO4. The van der Waals surface area contributed by atoms with E-state index in [1.165, 1.54) is 0 Å². The third-order valence-electron chi connectivity index (χ3n) is 4.19. The van der Waals surface area contributed by atoms with E-state index >= 15 is 0 Å². The van der Waals surface area contributed by atoms with Crippen molar-refractivity contribution in [3.05, 3.63) is 78.9 Å². The largest absolute Gasteiger partial charge is 0.497 e. The molecule has 0 aromatic heterocycles. The van der Waals surface area contributed by atoms with E-state index in [1.54, 1.807) is 7.11 Å². The topological polar surface area (TPSA) is 49.0 Å². The van der Waals surface area contributed by atoms with Gasteiger partial charge in [0.1, 0.15) is 42.3 Å². The Balaban J connectivity index is 1.40. The molecule has 0 radical (unpaired) electrons. The molecule has 1 unspecified atom stereocenters. The van der Waals surface area contributed by atoms with Gasteiger partial charge >= 0.3 is 0 Å². The summed E-state index contributed by atoms with van der Waals surface area (Å²) < 4.78 is 22.5. The fourth-order valence-corrected chi connectivity index (χ4v) is 2.72. The number of benzene rings is 3. The first-order valence-electron chi connectivity index (χ1n) is 9.68. The lowest BCUT2D eigenvalue weighted by atomic mass is 10.3. The van der Waals surface area contributed by atoms with Crippen LogP contribution in [0.2, 0.25) is 0 Å². The summed E-state index contributed by atoms with van der Waals surface area (Å²) in [4.78, 5) is 0. The highest BCUT2D eigenvalue weighted by Gasteiger charge is 2.05. The van der Waals surface area contributed by atoms with E-state index in [-0.39, 0.29) is 6.10 Å². The molecule has 5 heteroatoms. The second-order valence-corrected chi connectivity index (χ2v) is 6.52. The molecule has 0 saturated carbocycles. The summed E-state index contributed by atoms with van der Waals surface area (Å²) in [5.41, 5.74) is 0.983. The Morgan fingerprint density at radius 2 is 1.38 bits per heavy atom. The van der Waals surface area contributed by atoms with Crippen molar-refractivity contribution in [3.8, 4) is 23.0 Å². The molecule has 0 fully saturated rings. The van der Waals surface area contributed by atoms with E-state index in [9.17, 15) is 0 Å². The first-order valence-corrected chi connectivity index (χ1v) is 9.68. The van der Waals surface area contributed by atoms with Gasteiger partial charge in [0.05, 0.1) is 13.7 Å². The zero-order chi connectivity index (χ0) is 20.3. The van der Waals surface area contributed by atoms with Crippen molar-refractivity contribution in [1.29, 1.82) is 0 Å². The molecule has 3 aromatic carbocycles. The lowest BCUT2D eigenvalue weighted by Gasteiger charge is -2.17. The number of hydrogen-bond donors (Lipinski definition) is 1. The molecule has 1 N–H and O–H groups in total. The fourth-order valence-electron chi connectivity index (χ4n) is 2.72. The van der Waals surface area contributed by atoms with Gasteiger partial charge in [-0.05, 0) is 55.5 Å². The SMILES string of the molecule is COc1ccc(OC(C)CNc2cccc(OCCOc3ccccc3)c2)cc1. The van der Waals surface area contributed by atoms with Crippen LogP contribution in [0.5, 0.6) is 23.0 Å². The van der Waals surface area contributed by atoms with Crippen molar-refractivity contribution < 1.29 is 18.9 Å². The summed E-state index contributed by atoms with van der Waals surface area (Å²) in [5, 5.41) is 3.38. The maximum absolute atomic E-state index is 5.92. The van der Waals surface area contributed by atoms with Crippen LogP contribution in [0.15, 0.2) is 78.9 Å². The fraction of sp³-hybridized carbons (Fsp3) is 0.250. The Kier molecular flexibility index (Phi) is 7.63. The van der Waals surface area contributed by atoms with Crippen LogP contribution in [0, 0.1) is 0 Å². The third kappa shape index (κ3) is 6.96. The van der Waals surface area contributed by atoms with Crippen molar-refractivity contribution in [2.24, 2.45) is 0 Å². The molecule has 29 heavy (non-hydrogen) atoms. The number of anilines is 1. The monoisotopic (exact) mass is 393 g/mol. The number of methoxy groups -OCH3 is 1. The Morgan fingerprint density at radius 1 is 0.724 bits per heavy atom. The van der Waals surface area contributed by atoms with Gasteiger partial charge in [-0.3, -0.25) is 0 Å². The smallest absolute Gasteiger partial charge is 0.122 e. The molecule has 152 valence electrons. The normalized spacial score (nSPS) is 11.4. The van der Waals surface area contributed by atoms with Crippen LogP contribution in [0.4, 0.5) is 5.69 Å². The number of para-hydroxylation sites is 1. The molecule has 0 heterocycles. The number of ether oxygens (including phenoxy) is 4. The summed E-state index contributed by atoms with van der Waals surface area (Å²) in [6, 6.07) is 25.2. The first-order chi connectivity index (χ1) is 14.2. The summed E-state index contributed by atoms with van der Waals surface area (Å²) in [6.45, 7) is 3.68. The highest BCUT2D eigenvalue weighted by Crippen LogP contribution is 2.20. The number of rotatable bonds is 11. The molecule has 0 saturated heterocycles. The van der Waals surface area contributed by atoms with Crippen LogP contribution in [0.1, 0.15) is 6.92 Å². The van der Waals surface area contributed by atoms with Gasteiger partial charge in [-0.1, -0.05) is 24.3 Å². The van der Waals surface area contributed by atoms with Crippen molar-refractivity contribution in [2.45, 2.75) is 13.0 Å². The zero-order valence-corrected chi connectivity index (χ0v) is 16.8. The quantitative estimate of drug-likeness (QED) is 0.463. The summed E-state index contributed by atoms with van der Waals surface area (Å²) in [7, 11) is 1.65. The van der Waals surface area contributed by atoms with Gasteiger partial charge < -0.3 is 24.3 Å². The van der Waals surface area contributed by atoms with Crippen molar-refractivity contribution in [1.82, 2.24) is 0 Å². The lowest BCUT2D eigenvalue weighted by molar-refractivity contribution is 0.217. The van der Waals surface area contributed by atoms with E-state index in [0.29, 0.717) is 19.8 Å². The molecule has 3 rings (SSSR count). The molecule has 0 aliphatic carbocycles. The van der Waals surface area contributed by atoms with E-state index < -0.39 is 0 Å². The second kappa shape index (κ2) is 10.9. The molecule has 1 atom stereocenters. The van der Waals surface area contributed by atoms with Gasteiger partial charge in [0.15, 0.2) is 0 Å². The predicted octanol–water partition coefficient (Wildman–Crippen LogP) is 5.03. The van der Waals surface area contributed by atoms with E-state index in [4.69, 9.17) is 18.9 Å². The average molecular weight is 393 g/mol. The van der Waals surface area contributed by atoms with Crippen molar-refractivity contribution >= 4 is 5.69 Å². The van der Waals surface area contributed by atoms with Gasteiger partial charge in [-0.15, -0.1) is 0 Å². The third-order valence-corrected chi connectivity index (χ3v) is 4.19. The Morgan fingerprint density at radius 3 is 2.10 bits per heavy atom. The minimum Gasteiger partial charge on any atom is -0.497 e. The van der Waals surface area contributed by atoms with Gasteiger partial charge in [-0.2, -0.15) is 0 Å². The van der Waals surface area contributed by atoms with Crippen LogP contribution in [-0.4, -0.2) is 33.0 Å². The van der Waals surface area contributed by atoms with Gasteiger partial charge in [-0.25, -0.2) is 0 Å². The van der Waals surface area contributed by atoms with Crippen LogP contribution in [-0.2, 0) is 0 Å². The molecule has 3 aromatic rings. The van der Waals surface area contributed by atoms with Crippen molar-refractivity contribution in [2.75, 3.05) is 32.2 Å². The Hall–Kier alpha value is -3.34. The molecule has 0 aliphatic heterocycles. The van der Waals surface area contributed by atoms with E-state index in [0.717, 1.165) is 28.7 Å². The van der Waals surface area contributed by atoms with Crippen LogP contribution in [0.25, 0.3) is 0 Å². The highest BCUT2D eigenvalue weighted by molar-refractivity contribution is 5.48. The number of hydrogen-bond acceptors (Lipinski definition) is 5. The predicted molar refractivity (Wildman–Crippen MR) is 115 cm³/mol. The summed E-state index contributed by atoms with van der Waals surface area (Å²) in [6.07, 6.45) is 0.00671. The molecule has 0 bridgehead atoms. The summed E-state index contributed by atoms with van der Waals surface area (Å²) in [5.74, 6) is 3.28. The zero-order valence-electron chi connectivity index (χ0n) is 16.8. The first kappa shape index (κ1) is 20.4. The van der Waals surface area contributed by atoms with Crippen LogP contribution >= 0.6 is 0 Å². The van der Waals surface area contributed by atoms with E-state index in [1.807, 2.05) is 85.8 Å². The molecule has 0 amide bonds. The van der Waals surface area contributed by atoms with Gasteiger partial charge in [0.2, 0.25) is 0 Å². The van der Waals surface area contributed by atoms with Gasteiger partial charge in [0.25, 0.3) is 0 Å². The highest BCUT2D eigenvalue weighted by atomic mass is 16.5.